The molecule has 0 aliphatic carbocycles. The zero-order chi connectivity index (χ0) is 21.7. The second kappa shape index (κ2) is 9.04. The highest BCUT2D eigenvalue weighted by Gasteiger charge is 2.57. The van der Waals surface area contributed by atoms with Crippen LogP contribution in [0.25, 0.3) is 0 Å². The fraction of sp³-hybridized carbons (Fsp3) is 0.231. The molecule has 0 saturated carbocycles. The Morgan fingerprint density at radius 3 is 2.06 bits per heavy atom. The maximum Gasteiger partial charge on any atom is 0.333 e. The lowest BCUT2D eigenvalue weighted by Gasteiger charge is -2.50. The average Bonchev–Trinajstić information content (AvgIpc) is 2.82. The van der Waals surface area contributed by atoms with Gasteiger partial charge in [-0.1, -0.05) is 72.8 Å². The van der Waals surface area contributed by atoms with E-state index < -0.39 is 5.54 Å². The third kappa shape index (κ3) is 4.45. The zero-order valence-electron chi connectivity index (χ0n) is 17.5. The first kappa shape index (κ1) is 20.7. The van der Waals surface area contributed by atoms with E-state index in [1.165, 1.54) is 0 Å². The summed E-state index contributed by atoms with van der Waals surface area (Å²) in [7, 11) is 1.61. The Labute approximate surface area is 182 Å². The monoisotopic (exact) mass is 415 g/mol. The number of ether oxygens (including phenoxy) is 2. The summed E-state index contributed by atoms with van der Waals surface area (Å²) in [5, 5.41) is 0. The van der Waals surface area contributed by atoms with Gasteiger partial charge in [0, 0.05) is 13.0 Å². The zero-order valence-corrected chi connectivity index (χ0v) is 17.5. The van der Waals surface area contributed by atoms with Gasteiger partial charge >= 0.3 is 5.97 Å². The molecular formula is C26H25NO4. The smallest absolute Gasteiger partial charge is 0.333 e. The van der Waals surface area contributed by atoms with Crippen LogP contribution < -0.4 is 4.74 Å². The van der Waals surface area contributed by atoms with Crippen LogP contribution in [0.2, 0.25) is 0 Å². The minimum Gasteiger partial charge on any atom is -0.497 e. The fourth-order valence-electron chi connectivity index (χ4n) is 3.94. The number of nitrogens with zero attached hydrogens (tertiary/aromatic N) is 1. The number of hydrogen-bond acceptors (Lipinski definition) is 4. The van der Waals surface area contributed by atoms with Crippen LogP contribution in [0.5, 0.6) is 5.75 Å². The molecule has 0 N–H and O–H groups in total. The van der Waals surface area contributed by atoms with Gasteiger partial charge in [0.2, 0.25) is 5.91 Å². The molecule has 1 aliphatic heterocycles. The number of methoxy groups -OCH3 is 1. The largest absolute Gasteiger partial charge is 0.497 e. The summed E-state index contributed by atoms with van der Waals surface area (Å²) < 4.78 is 10.9. The van der Waals surface area contributed by atoms with Crippen LogP contribution in [0.3, 0.4) is 0 Å². The summed E-state index contributed by atoms with van der Waals surface area (Å²) in [4.78, 5) is 27.6. The molecule has 0 radical (unpaired) electrons. The van der Waals surface area contributed by atoms with E-state index in [1.54, 1.807) is 12.0 Å². The quantitative estimate of drug-likeness (QED) is 0.410. The molecule has 1 saturated heterocycles. The van der Waals surface area contributed by atoms with E-state index in [9.17, 15) is 9.59 Å². The molecule has 4 rings (SSSR count). The average molecular weight is 415 g/mol. The van der Waals surface area contributed by atoms with Crippen molar-refractivity contribution in [1.29, 1.82) is 0 Å². The van der Waals surface area contributed by atoms with Crippen molar-refractivity contribution in [1.82, 2.24) is 4.90 Å². The number of likely N-dealkylation sites (tertiary alicyclic amines) is 1. The van der Waals surface area contributed by atoms with Crippen LogP contribution in [0, 0.1) is 0 Å². The van der Waals surface area contributed by atoms with Crippen LogP contribution >= 0.6 is 0 Å². The lowest BCUT2D eigenvalue weighted by molar-refractivity contribution is -0.182. The van der Waals surface area contributed by atoms with Gasteiger partial charge in [0.25, 0.3) is 0 Å². The Balaban J connectivity index is 1.57. The number of carbonyl (C=O) groups is 2. The minimum atomic E-state index is -1.01. The van der Waals surface area contributed by atoms with Gasteiger partial charge in [-0.3, -0.25) is 4.79 Å². The van der Waals surface area contributed by atoms with Gasteiger partial charge in [0.15, 0.2) is 5.54 Å². The minimum absolute atomic E-state index is 0.0524. The predicted molar refractivity (Wildman–Crippen MR) is 117 cm³/mol. The van der Waals surface area contributed by atoms with Crippen LogP contribution in [-0.4, -0.2) is 29.4 Å². The van der Waals surface area contributed by atoms with Gasteiger partial charge in [-0.2, -0.15) is 0 Å². The predicted octanol–water partition coefficient (Wildman–Crippen LogP) is 4.15. The Hall–Kier alpha value is -3.60. The molecule has 1 heterocycles. The van der Waals surface area contributed by atoms with Crippen molar-refractivity contribution in [3.05, 3.63) is 102 Å². The highest BCUT2D eigenvalue weighted by Crippen LogP contribution is 2.38. The van der Waals surface area contributed by atoms with Gasteiger partial charge in [-0.15, -0.1) is 0 Å². The Bertz CT molecular complexity index is 1030. The summed E-state index contributed by atoms with van der Waals surface area (Å²) in [5.74, 6) is 0.327. The van der Waals surface area contributed by atoms with Crippen molar-refractivity contribution in [2.75, 3.05) is 7.11 Å². The van der Waals surface area contributed by atoms with E-state index in [4.69, 9.17) is 9.47 Å². The van der Waals surface area contributed by atoms with Crippen molar-refractivity contribution in [3.8, 4) is 5.75 Å². The van der Waals surface area contributed by atoms with E-state index in [1.807, 2.05) is 84.9 Å². The molecule has 0 bridgehead atoms. The second-order valence-electron chi connectivity index (χ2n) is 7.76. The van der Waals surface area contributed by atoms with Crippen LogP contribution in [0.15, 0.2) is 84.9 Å². The third-order valence-electron chi connectivity index (χ3n) is 5.69. The molecule has 0 spiro atoms. The summed E-state index contributed by atoms with van der Waals surface area (Å²) in [6.07, 6.45) is 0.565. The second-order valence-corrected chi connectivity index (χ2v) is 7.76. The number of β-lactam (4-membered cyclic amide) rings is 1. The molecular weight excluding hydrogens is 390 g/mol. The first-order chi connectivity index (χ1) is 15.1. The summed E-state index contributed by atoms with van der Waals surface area (Å²) in [6, 6.07) is 26.8. The lowest BCUT2D eigenvalue weighted by Crippen LogP contribution is -2.68. The molecule has 1 amide bonds. The van der Waals surface area contributed by atoms with Crippen molar-refractivity contribution >= 4 is 11.9 Å². The molecule has 5 heteroatoms. The number of benzene rings is 3. The molecule has 3 aromatic rings. The number of carbonyl (C=O) groups excluding carboxylic acids is 2. The molecule has 1 aliphatic rings. The van der Waals surface area contributed by atoms with E-state index in [0.717, 1.165) is 22.4 Å². The number of esters is 1. The molecule has 0 aromatic heterocycles. The molecule has 1 fully saturated rings. The first-order valence-corrected chi connectivity index (χ1v) is 10.3. The third-order valence-corrected chi connectivity index (χ3v) is 5.69. The van der Waals surface area contributed by atoms with Crippen LogP contribution in [0.4, 0.5) is 0 Å². The molecule has 3 aromatic carbocycles. The number of rotatable bonds is 8. The normalized spacial score (nSPS) is 17.7. The maximum absolute atomic E-state index is 13.3. The van der Waals surface area contributed by atoms with E-state index in [0.29, 0.717) is 13.0 Å². The Kier molecular flexibility index (Phi) is 6.03. The SMILES string of the molecule is COc1ccc(CN2C(=O)C[C@@]2(Cc2ccccc2)C(=O)OCc2ccccc2)cc1. The van der Waals surface area contributed by atoms with Crippen molar-refractivity contribution in [3.63, 3.8) is 0 Å². The standard InChI is InChI=1S/C26H25NO4/c1-30-23-14-12-21(13-15-23)18-27-24(28)17-26(27,16-20-8-4-2-5-9-20)25(29)31-19-22-10-6-3-7-11-22/h2-15H,16-19H2,1H3/t26-/m0/s1. The molecule has 0 unspecified atom stereocenters. The van der Waals surface area contributed by atoms with Crippen LogP contribution in [-0.2, 0) is 33.9 Å². The lowest BCUT2D eigenvalue weighted by atomic mass is 9.78. The molecule has 158 valence electrons. The van der Waals surface area contributed by atoms with Gasteiger partial charge in [-0.05, 0) is 28.8 Å². The van der Waals surface area contributed by atoms with Crippen LogP contribution in [0.1, 0.15) is 23.1 Å². The van der Waals surface area contributed by atoms with Gasteiger partial charge in [0.1, 0.15) is 12.4 Å². The summed E-state index contributed by atoms with van der Waals surface area (Å²) >= 11 is 0. The van der Waals surface area contributed by atoms with Crippen molar-refractivity contribution < 1.29 is 19.1 Å². The van der Waals surface area contributed by atoms with E-state index in [2.05, 4.69) is 0 Å². The molecule has 31 heavy (non-hydrogen) atoms. The van der Waals surface area contributed by atoms with Gasteiger partial charge < -0.3 is 14.4 Å². The Morgan fingerprint density at radius 1 is 0.871 bits per heavy atom. The summed E-state index contributed by atoms with van der Waals surface area (Å²) in [5.41, 5.74) is 1.83. The van der Waals surface area contributed by atoms with Gasteiger partial charge in [0.05, 0.1) is 13.5 Å². The number of amides is 1. The number of hydrogen-bond donors (Lipinski definition) is 0. The topological polar surface area (TPSA) is 55.8 Å². The highest BCUT2D eigenvalue weighted by molar-refractivity contribution is 5.99. The van der Waals surface area contributed by atoms with E-state index in [-0.39, 0.29) is 24.9 Å². The molecule has 1 atom stereocenters. The summed E-state index contributed by atoms with van der Waals surface area (Å²) in [6.45, 7) is 0.525. The van der Waals surface area contributed by atoms with Gasteiger partial charge in [-0.25, -0.2) is 4.79 Å². The molecule has 5 nitrogen and oxygen atoms in total. The Morgan fingerprint density at radius 2 is 1.48 bits per heavy atom. The van der Waals surface area contributed by atoms with Crippen molar-refractivity contribution in [2.24, 2.45) is 0 Å². The van der Waals surface area contributed by atoms with Crippen molar-refractivity contribution in [2.45, 2.75) is 31.5 Å². The van der Waals surface area contributed by atoms with E-state index >= 15 is 0 Å². The fourth-order valence-corrected chi connectivity index (χ4v) is 3.94. The first-order valence-electron chi connectivity index (χ1n) is 10.3. The maximum atomic E-state index is 13.3. The highest BCUT2D eigenvalue weighted by atomic mass is 16.5.